The number of methoxy groups -OCH3 is 1. The Labute approximate surface area is 206 Å². The maximum absolute atomic E-state index is 12.6. The van der Waals surface area contributed by atoms with Crippen molar-refractivity contribution in [2.24, 2.45) is 5.92 Å². The number of rotatable bonds is 8. The van der Waals surface area contributed by atoms with Gasteiger partial charge in [0.2, 0.25) is 10.0 Å². The number of benzene rings is 1. The third-order valence-corrected chi connectivity index (χ3v) is 8.77. The van der Waals surface area contributed by atoms with E-state index in [0.29, 0.717) is 48.5 Å². The summed E-state index contributed by atoms with van der Waals surface area (Å²) >= 11 is 3.53. The van der Waals surface area contributed by atoms with Gasteiger partial charge in [-0.1, -0.05) is 6.07 Å². The van der Waals surface area contributed by atoms with Gasteiger partial charge in [-0.15, -0.1) is 0 Å². The smallest absolute Gasteiger partial charge is 0.214 e. The Balaban J connectivity index is 1.37. The lowest BCUT2D eigenvalue weighted by molar-refractivity contribution is 0.204. The number of fused-ring (bicyclic) bond motifs is 2. The fourth-order valence-corrected chi connectivity index (χ4v) is 6.55. The molecule has 178 valence electrons. The lowest BCUT2D eigenvalue weighted by Gasteiger charge is -2.13. The van der Waals surface area contributed by atoms with Crippen molar-refractivity contribution in [1.29, 1.82) is 0 Å². The van der Waals surface area contributed by atoms with Crippen LogP contribution in [0.2, 0.25) is 0 Å². The van der Waals surface area contributed by atoms with Crippen LogP contribution < -0.4 is 4.72 Å². The highest BCUT2D eigenvalue weighted by Crippen LogP contribution is 2.33. The molecule has 5 rings (SSSR count). The summed E-state index contributed by atoms with van der Waals surface area (Å²) in [4.78, 5) is 13.8. The monoisotopic (exact) mass is 544 g/mol. The van der Waals surface area contributed by atoms with E-state index in [1.54, 1.807) is 24.2 Å². The number of nitrogens with zero attached hydrogens (tertiary/aromatic N) is 5. The number of aromatic nitrogens is 5. The summed E-state index contributed by atoms with van der Waals surface area (Å²) in [5, 5.41) is 6.09. The molecule has 0 unspecified atom stereocenters. The van der Waals surface area contributed by atoms with Crippen LogP contribution in [-0.2, 0) is 21.2 Å². The van der Waals surface area contributed by atoms with Crippen molar-refractivity contribution < 1.29 is 13.2 Å². The van der Waals surface area contributed by atoms with E-state index in [2.05, 4.69) is 35.7 Å². The third-order valence-electron chi connectivity index (χ3n) is 6.27. The van der Waals surface area contributed by atoms with Gasteiger partial charge in [-0.05, 0) is 65.4 Å². The van der Waals surface area contributed by atoms with Crippen LogP contribution in [0.4, 0.5) is 0 Å². The maximum atomic E-state index is 12.6. The molecule has 1 N–H and O–H groups in total. The quantitative estimate of drug-likeness (QED) is 0.338. The molecular formula is C23H25BrN6O3S. The number of sulfonamides is 1. The van der Waals surface area contributed by atoms with Crippen LogP contribution >= 0.6 is 15.9 Å². The molecule has 2 atom stereocenters. The Morgan fingerprint density at radius 3 is 2.97 bits per heavy atom. The van der Waals surface area contributed by atoms with Crippen molar-refractivity contribution >= 4 is 47.9 Å². The number of nitrogens with one attached hydrogen (secondary N) is 1. The SMILES string of the molecule is COCCNS(=O)(=O)[C@@H]1CC[C@@H](Cc2ncc3c(Br)nn(-c4ccc5ncccc5c4)c3n2)C1. The van der Waals surface area contributed by atoms with E-state index in [4.69, 9.17) is 9.72 Å². The molecule has 0 saturated heterocycles. The minimum absolute atomic E-state index is 0.216. The molecule has 9 nitrogen and oxygen atoms in total. The van der Waals surface area contributed by atoms with Gasteiger partial charge in [0.15, 0.2) is 5.65 Å². The first-order valence-electron chi connectivity index (χ1n) is 11.2. The lowest BCUT2D eigenvalue weighted by atomic mass is 10.0. The first-order chi connectivity index (χ1) is 16.4. The van der Waals surface area contributed by atoms with Crippen LogP contribution in [0.15, 0.2) is 47.3 Å². The van der Waals surface area contributed by atoms with Gasteiger partial charge in [-0.25, -0.2) is 27.8 Å². The Kier molecular flexibility index (Phi) is 6.61. The van der Waals surface area contributed by atoms with Gasteiger partial charge in [-0.3, -0.25) is 4.98 Å². The topological polar surface area (TPSA) is 112 Å². The van der Waals surface area contributed by atoms with E-state index >= 15 is 0 Å². The molecular weight excluding hydrogens is 520 g/mol. The van der Waals surface area contributed by atoms with Crippen LogP contribution in [0.3, 0.4) is 0 Å². The molecule has 1 fully saturated rings. The minimum Gasteiger partial charge on any atom is -0.383 e. The first kappa shape index (κ1) is 23.3. The normalized spacial score (nSPS) is 18.8. The Morgan fingerprint density at radius 1 is 1.24 bits per heavy atom. The second-order valence-corrected chi connectivity index (χ2v) is 11.3. The molecule has 0 radical (unpaired) electrons. The summed E-state index contributed by atoms with van der Waals surface area (Å²) in [6, 6.07) is 9.90. The summed E-state index contributed by atoms with van der Waals surface area (Å²) in [7, 11) is -1.79. The zero-order valence-corrected chi connectivity index (χ0v) is 21.1. The Bertz CT molecular complexity index is 1440. The van der Waals surface area contributed by atoms with Gasteiger partial charge in [-0.2, -0.15) is 5.10 Å². The van der Waals surface area contributed by atoms with Gasteiger partial charge in [0, 0.05) is 37.9 Å². The first-order valence-corrected chi connectivity index (χ1v) is 13.5. The van der Waals surface area contributed by atoms with E-state index in [-0.39, 0.29) is 11.2 Å². The van der Waals surface area contributed by atoms with Crippen LogP contribution in [0.25, 0.3) is 27.6 Å². The van der Waals surface area contributed by atoms with Gasteiger partial charge in [0.1, 0.15) is 10.4 Å². The molecule has 1 aliphatic rings. The van der Waals surface area contributed by atoms with Gasteiger partial charge in [0.25, 0.3) is 0 Å². The Morgan fingerprint density at radius 2 is 2.12 bits per heavy atom. The third kappa shape index (κ3) is 4.70. The zero-order chi connectivity index (χ0) is 23.7. The summed E-state index contributed by atoms with van der Waals surface area (Å²) in [6.45, 7) is 0.656. The lowest BCUT2D eigenvalue weighted by Crippen LogP contribution is -2.35. The van der Waals surface area contributed by atoms with Crippen LogP contribution in [0, 0.1) is 5.92 Å². The fourth-order valence-electron chi connectivity index (χ4n) is 4.54. The van der Waals surface area contributed by atoms with Crippen molar-refractivity contribution in [3.05, 3.63) is 53.2 Å². The van der Waals surface area contributed by atoms with E-state index < -0.39 is 10.0 Å². The predicted molar refractivity (Wildman–Crippen MR) is 133 cm³/mol. The summed E-state index contributed by atoms with van der Waals surface area (Å²) < 4.78 is 35.2. The molecule has 0 aliphatic heterocycles. The molecule has 34 heavy (non-hydrogen) atoms. The average Bonchev–Trinajstić information content (AvgIpc) is 3.44. The predicted octanol–water partition coefficient (Wildman–Crippen LogP) is 3.40. The Hall–Kier alpha value is -2.47. The highest BCUT2D eigenvalue weighted by molar-refractivity contribution is 9.10. The van der Waals surface area contributed by atoms with Gasteiger partial charge >= 0.3 is 0 Å². The van der Waals surface area contributed by atoms with E-state index in [0.717, 1.165) is 28.4 Å². The molecule has 0 bridgehead atoms. The summed E-state index contributed by atoms with van der Waals surface area (Å²) in [6.07, 6.45) is 6.26. The average molecular weight is 545 g/mol. The number of hydrogen-bond donors (Lipinski definition) is 1. The second-order valence-electron chi connectivity index (χ2n) is 8.54. The number of ether oxygens (including phenoxy) is 1. The van der Waals surface area contributed by atoms with Crippen molar-refractivity contribution in [3.63, 3.8) is 0 Å². The van der Waals surface area contributed by atoms with Crippen molar-refractivity contribution in [2.75, 3.05) is 20.3 Å². The molecule has 1 aromatic carbocycles. The van der Waals surface area contributed by atoms with Gasteiger partial charge in [0.05, 0.1) is 28.4 Å². The molecule has 11 heteroatoms. The standard InChI is InChI=1S/C23H25BrN6O3S/c1-33-10-9-27-34(31,32)18-6-4-15(11-18)12-21-26-14-19-22(24)29-30(23(19)28-21)17-5-7-20-16(13-17)3-2-8-25-20/h2-3,5,7-8,13-15,18,27H,4,6,9-12H2,1H3/t15-,18-/m1/s1. The second kappa shape index (κ2) is 9.65. The maximum Gasteiger partial charge on any atom is 0.214 e. The highest BCUT2D eigenvalue weighted by Gasteiger charge is 2.34. The molecule has 0 amide bonds. The van der Waals surface area contributed by atoms with E-state index in [1.165, 1.54) is 0 Å². The number of halogens is 1. The van der Waals surface area contributed by atoms with E-state index in [1.807, 2.05) is 30.3 Å². The van der Waals surface area contributed by atoms with Crippen LogP contribution in [0.5, 0.6) is 0 Å². The van der Waals surface area contributed by atoms with E-state index in [9.17, 15) is 8.42 Å². The molecule has 1 saturated carbocycles. The molecule has 0 spiro atoms. The highest BCUT2D eigenvalue weighted by atomic mass is 79.9. The molecule has 3 aromatic heterocycles. The minimum atomic E-state index is -3.35. The summed E-state index contributed by atoms with van der Waals surface area (Å²) in [5.41, 5.74) is 2.51. The van der Waals surface area contributed by atoms with Crippen LogP contribution in [0.1, 0.15) is 25.1 Å². The van der Waals surface area contributed by atoms with Crippen molar-refractivity contribution in [3.8, 4) is 5.69 Å². The van der Waals surface area contributed by atoms with Crippen LogP contribution in [-0.4, -0.2) is 58.7 Å². The molecule has 3 heterocycles. The van der Waals surface area contributed by atoms with Crippen molar-refractivity contribution in [2.45, 2.75) is 30.9 Å². The molecule has 1 aliphatic carbocycles. The molecule has 4 aromatic rings. The number of pyridine rings is 1. The summed E-state index contributed by atoms with van der Waals surface area (Å²) in [5.74, 6) is 0.909. The van der Waals surface area contributed by atoms with Gasteiger partial charge < -0.3 is 4.74 Å². The number of hydrogen-bond acceptors (Lipinski definition) is 7. The largest absolute Gasteiger partial charge is 0.383 e. The fraction of sp³-hybridized carbons (Fsp3) is 0.391. The van der Waals surface area contributed by atoms with Crippen molar-refractivity contribution in [1.82, 2.24) is 29.5 Å². The zero-order valence-electron chi connectivity index (χ0n) is 18.7.